The predicted molar refractivity (Wildman–Crippen MR) is 91.1 cm³/mol. The molecule has 3 heteroatoms. The van der Waals surface area contributed by atoms with Crippen LogP contribution in [0.4, 0.5) is 10.1 Å². The minimum Gasteiger partial charge on any atom is -0.306 e. The molecule has 0 bridgehead atoms. The second-order valence-corrected chi connectivity index (χ2v) is 7.01. The lowest BCUT2D eigenvalue weighted by molar-refractivity contribution is -0.119. The number of anilines is 1. The van der Waals surface area contributed by atoms with Crippen LogP contribution in [0.3, 0.4) is 0 Å². The molecule has 120 valence electrons. The van der Waals surface area contributed by atoms with Crippen LogP contribution in [0, 0.1) is 5.82 Å². The molecule has 1 heterocycles. The van der Waals surface area contributed by atoms with E-state index in [2.05, 4.69) is 26.8 Å². The van der Waals surface area contributed by atoms with Crippen LogP contribution >= 0.6 is 0 Å². The average molecular weight is 311 g/mol. The first kappa shape index (κ1) is 15.7. The molecule has 2 aromatic rings. The Bertz CT molecular complexity index is 721. The second-order valence-electron chi connectivity index (χ2n) is 7.01. The zero-order valence-electron chi connectivity index (χ0n) is 13.8. The van der Waals surface area contributed by atoms with Crippen LogP contribution in [0.15, 0.2) is 48.5 Å². The topological polar surface area (TPSA) is 20.3 Å². The van der Waals surface area contributed by atoms with Crippen molar-refractivity contribution >= 4 is 11.6 Å². The van der Waals surface area contributed by atoms with E-state index in [1.807, 2.05) is 23.1 Å². The Kier molecular flexibility index (Phi) is 3.97. The number of amides is 1. The molecule has 0 saturated heterocycles. The molecule has 2 aromatic carbocycles. The van der Waals surface area contributed by atoms with Gasteiger partial charge in [-0.1, -0.05) is 37.3 Å². The third-order valence-electron chi connectivity index (χ3n) is 4.64. The Morgan fingerprint density at radius 3 is 2.52 bits per heavy atom. The number of para-hydroxylation sites is 1. The molecule has 0 aliphatic carbocycles. The summed E-state index contributed by atoms with van der Waals surface area (Å²) < 4.78 is 13.0. The lowest BCUT2D eigenvalue weighted by Gasteiger charge is -2.46. The molecule has 1 amide bonds. The first-order chi connectivity index (χ1) is 10.9. The number of benzene rings is 2. The van der Waals surface area contributed by atoms with Crippen molar-refractivity contribution in [2.75, 3.05) is 4.90 Å². The summed E-state index contributed by atoms with van der Waals surface area (Å²) in [5.74, 6) is 0.204. The van der Waals surface area contributed by atoms with Gasteiger partial charge in [0.2, 0.25) is 5.91 Å². The number of halogens is 1. The van der Waals surface area contributed by atoms with E-state index in [-0.39, 0.29) is 23.7 Å². The summed E-state index contributed by atoms with van der Waals surface area (Å²) in [6.07, 6.45) is 1.21. The molecular weight excluding hydrogens is 289 g/mol. The van der Waals surface area contributed by atoms with E-state index >= 15 is 0 Å². The van der Waals surface area contributed by atoms with E-state index in [4.69, 9.17) is 0 Å². The number of fused-ring (bicyclic) bond motifs is 1. The molecule has 0 N–H and O–H groups in total. The zero-order valence-corrected chi connectivity index (χ0v) is 13.8. The van der Waals surface area contributed by atoms with Gasteiger partial charge >= 0.3 is 0 Å². The lowest BCUT2D eigenvalue weighted by Crippen LogP contribution is -2.52. The van der Waals surface area contributed by atoms with Crippen molar-refractivity contribution in [1.82, 2.24) is 0 Å². The molecule has 1 atom stereocenters. The number of carbonyl (C=O) groups is 1. The molecular formula is C20H22FNO. The van der Waals surface area contributed by atoms with Gasteiger partial charge in [0.1, 0.15) is 5.82 Å². The molecule has 0 spiro atoms. The Balaban J connectivity index is 1.94. The van der Waals surface area contributed by atoms with E-state index < -0.39 is 0 Å². The van der Waals surface area contributed by atoms with Crippen molar-refractivity contribution < 1.29 is 9.18 Å². The first-order valence-electron chi connectivity index (χ1n) is 8.05. The first-order valence-corrected chi connectivity index (χ1v) is 8.05. The van der Waals surface area contributed by atoms with Crippen molar-refractivity contribution in [2.24, 2.45) is 0 Å². The molecule has 0 fully saturated rings. The molecule has 3 rings (SSSR count). The smallest absolute Gasteiger partial charge is 0.231 e. The van der Waals surface area contributed by atoms with Gasteiger partial charge in [0.25, 0.3) is 0 Å². The van der Waals surface area contributed by atoms with Gasteiger partial charge in [0, 0.05) is 11.2 Å². The van der Waals surface area contributed by atoms with Crippen LogP contribution in [0.25, 0.3) is 0 Å². The number of carbonyl (C=O) groups excluding carboxylic acids is 1. The maximum atomic E-state index is 13.0. The van der Waals surface area contributed by atoms with E-state index in [9.17, 15) is 9.18 Å². The molecule has 0 unspecified atom stereocenters. The molecule has 0 radical (unpaired) electrons. The standard InChI is InChI=1S/C20H22FNO/c1-14-13-20(2,3)22(18-7-5-4-6-17(14)18)19(23)12-15-8-10-16(21)11-9-15/h4-11,14H,12-13H2,1-3H3/t14-/m0/s1. The summed E-state index contributed by atoms with van der Waals surface area (Å²) in [6, 6.07) is 14.3. The third-order valence-corrected chi connectivity index (χ3v) is 4.64. The predicted octanol–water partition coefficient (Wildman–Crippen LogP) is 4.69. The number of nitrogens with zero attached hydrogens (tertiary/aromatic N) is 1. The SMILES string of the molecule is C[C@H]1CC(C)(C)N(C(=O)Cc2ccc(F)cc2)c2ccccc21. The molecule has 1 aliphatic heterocycles. The number of hydrogen-bond acceptors (Lipinski definition) is 1. The van der Waals surface area contributed by atoms with Crippen molar-refractivity contribution in [3.8, 4) is 0 Å². The normalized spacial score (nSPS) is 19.3. The highest BCUT2D eigenvalue weighted by molar-refractivity contribution is 5.97. The summed E-state index contributed by atoms with van der Waals surface area (Å²) in [4.78, 5) is 14.9. The Morgan fingerprint density at radius 1 is 1.17 bits per heavy atom. The third kappa shape index (κ3) is 3.00. The molecule has 1 aliphatic rings. The van der Waals surface area contributed by atoms with E-state index in [0.29, 0.717) is 5.92 Å². The van der Waals surface area contributed by atoms with Gasteiger partial charge < -0.3 is 4.90 Å². The highest BCUT2D eigenvalue weighted by Gasteiger charge is 2.39. The van der Waals surface area contributed by atoms with Crippen LogP contribution in [0.5, 0.6) is 0 Å². The van der Waals surface area contributed by atoms with Crippen LogP contribution < -0.4 is 4.90 Å². The maximum Gasteiger partial charge on any atom is 0.231 e. The largest absolute Gasteiger partial charge is 0.306 e. The quantitative estimate of drug-likeness (QED) is 0.788. The van der Waals surface area contributed by atoms with Crippen LogP contribution in [0.2, 0.25) is 0 Å². The Labute approximate surface area is 136 Å². The molecule has 0 aromatic heterocycles. The van der Waals surface area contributed by atoms with E-state index in [0.717, 1.165) is 17.7 Å². The second kappa shape index (κ2) is 5.80. The molecule has 0 saturated carbocycles. The molecule has 2 nitrogen and oxygen atoms in total. The van der Waals surface area contributed by atoms with Gasteiger partial charge in [-0.05, 0) is 55.5 Å². The summed E-state index contributed by atoms with van der Waals surface area (Å²) >= 11 is 0. The lowest BCUT2D eigenvalue weighted by atomic mass is 9.80. The fourth-order valence-electron chi connectivity index (χ4n) is 3.71. The van der Waals surface area contributed by atoms with Gasteiger partial charge in [-0.25, -0.2) is 4.39 Å². The summed E-state index contributed by atoms with van der Waals surface area (Å²) in [6.45, 7) is 6.44. The summed E-state index contributed by atoms with van der Waals surface area (Å²) in [7, 11) is 0. The van der Waals surface area contributed by atoms with Gasteiger partial charge in [-0.15, -0.1) is 0 Å². The van der Waals surface area contributed by atoms with Gasteiger partial charge in [0.15, 0.2) is 0 Å². The van der Waals surface area contributed by atoms with Gasteiger partial charge in [0.05, 0.1) is 6.42 Å². The minimum atomic E-state index is -0.279. The van der Waals surface area contributed by atoms with Gasteiger partial charge in [-0.3, -0.25) is 4.79 Å². The zero-order chi connectivity index (χ0) is 16.6. The Hall–Kier alpha value is -2.16. The fraction of sp³-hybridized carbons (Fsp3) is 0.350. The van der Waals surface area contributed by atoms with Crippen LogP contribution in [-0.2, 0) is 11.2 Å². The van der Waals surface area contributed by atoms with Gasteiger partial charge in [-0.2, -0.15) is 0 Å². The average Bonchev–Trinajstić information content (AvgIpc) is 2.49. The number of hydrogen-bond donors (Lipinski definition) is 0. The maximum absolute atomic E-state index is 13.0. The van der Waals surface area contributed by atoms with Crippen molar-refractivity contribution in [2.45, 2.75) is 45.1 Å². The minimum absolute atomic E-state index is 0.0564. The monoisotopic (exact) mass is 311 g/mol. The van der Waals surface area contributed by atoms with E-state index in [1.54, 1.807) is 12.1 Å². The molecule has 23 heavy (non-hydrogen) atoms. The Morgan fingerprint density at radius 2 is 1.83 bits per heavy atom. The van der Waals surface area contributed by atoms with Crippen molar-refractivity contribution in [1.29, 1.82) is 0 Å². The van der Waals surface area contributed by atoms with Crippen LogP contribution in [0.1, 0.15) is 44.2 Å². The highest BCUT2D eigenvalue weighted by atomic mass is 19.1. The highest BCUT2D eigenvalue weighted by Crippen LogP contribution is 2.43. The van der Waals surface area contributed by atoms with Crippen LogP contribution in [-0.4, -0.2) is 11.4 Å². The fourth-order valence-corrected chi connectivity index (χ4v) is 3.71. The summed E-state index contributed by atoms with van der Waals surface area (Å²) in [5, 5.41) is 0. The van der Waals surface area contributed by atoms with Crippen molar-refractivity contribution in [3.63, 3.8) is 0 Å². The summed E-state index contributed by atoms with van der Waals surface area (Å²) in [5.41, 5.74) is 2.83. The van der Waals surface area contributed by atoms with E-state index in [1.165, 1.54) is 17.7 Å². The number of rotatable bonds is 2. The van der Waals surface area contributed by atoms with Crippen molar-refractivity contribution in [3.05, 3.63) is 65.5 Å².